The lowest BCUT2D eigenvalue weighted by Crippen LogP contribution is -2.20. The van der Waals surface area contributed by atoms with Gasteiger partial charge in [-0.15, -0.1) is 16.5 Å². The Morgan fingerprint density at radius 1 is 1.19 bits per heavy atom. The highest BCUT2D eigenvalue weighted by molar-refractivity contribution is 7.13. The number of amidine groups is 1. The fraction of sp³-hybridized carbons (Fsp3) is 0.292. The average Bonchev–Trinajstić information content (AvgIpc) is 3.40. The molecule has 1 saturated carbocycles. The molecule has 0 radical (unpaired) electrons. The third-order valence-electron chi connectivity index (χ3n) is 5.76. The maximum absolute atomic E-state index is 10.1. The number of nitrogens with one attached hydrogen (secondary N) is 1. The number of aromatic nitrogens is 1. The lowest BCUT2D eigenvalue weighted by atomic mass is 9.82. The zero-order valence-electron chi connectivity index (χ0n) is 17.6. The van der Waals surface area contributed by atoms with E-state index in [1.54, 1.807) is 11.3 Å². The molecule has 0 amide bonds. The van der Waals surface area contributed by atoms with E-state index in [-0.39, 0.29) is 11.7 Å². The molecule has 1 unspecified atom stereocenters. The molecular weight excluding hydrogens is 420 g/mol. The molecule has 3 N–H and O–H groups in total. The van der Waals surface area contributed by atoms with Crippen molar-refractivity contribution in [2.75, 3.05) is 0 Å². The highest BCUT2D eigenvalue weighted by Crippen LogP contribution is 2.40. The molecule has 0 saturated heterocycles. The second-order valence-electron chi connectivity index (χ2n) is 7.71. The highest BCUT2D eigenvalue weighted by atomic mass is 32.1. The van der Waals surface area contributed by atoms with Gasteiger partial charge in [-0.3, -0.25) is 0 Å². The van der Waals surface area contributed by atoms with Gasteiger partial charge in [-0.25, -0.2) is 10.5 Å². The number of hydrogen-bond donors (Lipinski definition) is 2. The number of ether oxygens (including phenoxy) is 1. The maximum atomic E-state index is 10.1. The molecule has 1 atom stereocenters. The van der Waals surface area contributed by atoms with E-state index in [0.29, 0.717) is 11.5 Å². The van der Waals surface area contributed by atoms with Crippen LogP contribution in [-0.4, -0.2) is 10.8 Å². The van der Waals surface area contributed by atoms with Gasteiger partial charge in [0.25, 0.3) is 0 Å². The normalized spacial score (nSPS) is 15.7. The van der Waals surface area contributed by atoms with E-state index in [1.165, 1.54) is 6.42 Å². The van der Waals surface area contributed by atoms with Crippen molar-refractivity contribution in [3.8, 4) is 22.5 Å². The summed E-state index contributed by atoms with van der Waals surface area (Å²) in [5.74, 6) is 6.03. The van der Waals surface area contributed by atoms with E-state index < -0.39 is 6.10 Å². The van der Waals surface area contributed by atoms with Gasteiger partial charge in [0.2, 0.25) is 11.7 Å². The molecule has 1 fully saturated rings. The molecule has 1 aromatic carbocycles. The summed E-state index contributed by atoms with van der Waals surface area (Å²) in [6, 6.07) is 17.7. The summed E-state index contributed by atoms with van der Waals surface area (Å²) >= 11 is 1.59. The number of nitrogens with zero attached hydrogens (tertiary/aromatic N) is 4. The molecule has 8 heteroatoms. The molecule has 2 heterocycles. The number of pyridine rings is 1. The molecule has 1 aliphatic carbocycles. The number of thiophene rings is 1. The van der Waals surface area contributed by atoms with Crippen molar-refractivity contribution in [2.45, 2.75) is 44.1 Å². The minimum absolute atomic E-state index is 0.00244. The fourth-order valence-corrected chi connectivity index (χ4v) is 4.87. The number of hydrogen-bond acceptors (Lipinski definition) is 7. The maximum Gasteiger partial charge on any atom is 0.233 e. The van der Waals surface area contributed by atoms with Crippen LogP contribution in [0, 0.1) is 16.9 Å². The van der Waals surface area contributed by atoms with E-state index in [9.17, 15) is 5.26 Å². The average molecular weight is 445 g/mol. The number of rotatable bonds is 6. The Bertz CT molecular complexity index is 1130. The van der Waals surface area contributed by atoms with Crippen molar-refractivity contribution in [1.82, 2.24) is 4.98 Å². The first-order chi connectivity index (χ1) is 15.7. The van der Waals surface area contributed by atoms with E-state index in [0.717, 1.165) is 47.4 Å². The molecule has 32 heavy (non-hydrogen) atoms. The summed E-state index contributed by atoms with van der Waals surface area (Å²) in [5.41, 5.74) is 10.4. The second kappa shape index (κ2) is 10.2. The van der Waals surface area contributed by atoms with Crippen molar-refractivity contribution < 1.29 is 4.74 Å². The van der Waals surface area contributed by atoms with Gasteiger partial charge in [-0.05, 0) is 41.8 Å². The molecule has 4 rings (SSSR count). The minimum atomic E-state index is -0.851. The lowest BCUT2D eigenvalue weighted by molar-refractivity contribution is 0.259. The standard InChI is InChI=1S/C24H24N6OS/c25-15-19-18(16-8-3-1-4-9-16)14-20(21-12-7-13-32-21)28-24(19)31-22(23(29-26)30-27)17-10-5-2-6-11-17/h2,5-7,10-14,16,22,26H,1,3-4,8-9,27H2/b29-26?,30-23-. The van der Waals surface area contributed by atoms with E-state index >= 15 is 0 Å². The lowest BCUT2D eigenvalue weighted by Gasteiger charge is -2.25. The summed E-state index contributed by atoms with van der Waals surface area (Å²) < 4.78 is 6.28. The molecule has 0 aliphatic heterocycles. The van der Waals surface area contributed by atoms with Crippen molar-refractivity contribution in [1.29, 1.82) is 10.8 Å². The van der Waals surface area contributed by atoms with Crippen LogP contribution in [0.1, 0.15) is 60.8 Å². The summed E-state index contributed by atoms with van der Waals surface area (Å²) in [7, 11) is 0. The summed E-state index contributed by atoms with van der Waals surface area (Å²) in [6.07, 6.45) is 4.76. The fourth-order valence-electron chi connectivity index (χ4n) is 4.19. The molecular formula is C24H24N6OS. The number of hydrazone groups is 1. The Morgan fingerprint density at radius 3 is 2.59 bits per heavy atom. The van der Waals surface area contributed by atoms with Crippen molar-refractivity contribution in [3.05, 3.63) is 70.6 Å². The van der Waals surface area contributed by atoms with Crippen LogP contribution in [0.4, 0.5) is 0 Å². The van der Waals surface area contributed by atoms with Crippen LogP contribution in [0.5, 0.6) is 5.88 Å². The monoisotopic (exact) mass is 444 g/mol. The first kappa shape index (κ1) is 21.7. The third kappa shape index (κ3) is 4.53. The molecule has 2 aromatic heterocycles. The zero-order valence-corrected chi connectivity index (χ0v) is 18.4. The quantitative estimate of drug-likeness (QED) is 0.156. The Balaban J connectivity index is 1.85. The van der Waals surface area contributed by atoms with Gasteiger partial charge < -0.3 is 10.6 Å². The molecule has 7 nitrogen and oxygen atoms in total. The first-order valence-corrected chi connectivity index (χ1v) is 11.5. The van der Waals surface area contributed by atoms with Crippen molar-refractivity contribution >= 4 is 17.2 Å². The Labute approximate surface area is 191 Å². The minimum Gasteiger partial charge on any atom is -0.460 e. The van der Waals surface area contributed by atoms with Gasteiger partial charge >= 0.3 is 0 Å². The molecule has 3 aromatic rings. The SMILES string of the molecule is N#Cc1c(C2CCCCC2)cc(-c2cccs2)nc1OC(/C(N=N)=N/N)c1ccccc1. The van der Waals surface area contributed by atoms with Crippen molar-refractivity contribution in [2.24, 2.45) is 16.1 Å². The Kier molecular flexibility index (Phi) is 6.87. The van der Waals surface area contributed by atoms with E-state index in [2.05, 4.69) is 16.3 Å². The van der Waals surface area contributed by atoms with Crippen LogP contribution in [0.3, 0.4) is 0 Å². The first-order valence-electron chi connectivity index (χ1n) is 10.6. The smallest absolute Gasteiger partial charge is 0.233 e. The predicted octanol–water partition coefficient (Wildman–Crippen LogP) is 6.15. The summed E-state index contributed by atoms with van der Waals surface area (Å²) in [5, 5.41) is 19.2. The summed E-state index contributed by atoms with van der Waals surface area (Å²) in [6.45, 7) is 0. The van der Waals surface area contributed by atoms with Crippen LogP contribution < -0.4 is 10.6 Å². The van der Waals surface area contributed by atoms with Gasteiger partial charge in [0.05, 0.1) is 10.6 Å². The van der Waals surface area contributed by atoms with Gasteiger partial charge in [-0.1, -0.05) is 55.7 Å². The predicted molar refractivity (Wildman–Crippen MR) is 125 cm³/mol. The van der Waals surface area contributed by atoms with E-state index in [1.807, 2.05) is 53.9 Å². The largest absolute Gasteiger partial charge is 0.460 e. The highest BCUT2D eigenvalue weighted by Gasteiger charge is 2.27. The topological polar surface area (TPSA) is 120 Å². The Morgan fingerprint density at radius 2 is 1.97 bits per heavy atom. The Hall–Kier alpha value is -3.57. The number of nitriles is 1. The second-order valence-corrected chi connectivity index (χ2v) is 8.66. The number of benzene rings is 1. The van der Waals surface area contributed by atoms with E-state index in [4.69, 9.17) is 21.1 Å². The van der Waals surface area contributed by atoms with Crippen LogP contribution in [0.25, 0.3) is 10.6 Å². The molecule has 162 valence electrons. The molecule has 0 bridgehead atoms. The number of nitrogens with two attached hydrogens (primary N) is 1. The summed E-state index contributed by atoms with van der Waals surface area (Å²) in [4.78, 5) is 5.73. The van der Waals surface area contributed by atoms with Crippen molar-refractivity contribution in [3.63, 3.8) is 0 Å². The van der Waals surface area contributed by atoms with Gasteiger partial charge in [0.15, 0.2) is 6.10 Å². The van der Waals surface area contributed by atoms with Crippen LogP contribution in [-0.2, 0) is 0 Å². The van der Waals surface area contributed by atoms with Gasteiger partial charge in [0.1, 0.15) is 11.6 Å². The zero-order chi connectivity index (χ0) is 22.3. The van der Waals surface area contributed by atoms with Gasteiger partial charge in [0, 0.05) is 5.56 Å². The molecule has 0 spiro atoms. The van der Waals surface area contributed by atoms with Crippen LogP contribution >= 0.6 is 11.3 Å². The third-order valence-corrected chi connectivity index (χ3v) is 6.65. The molecule has 1 aliphatic rings. The van der Waals surface area contributed by atoms with Crippen LogP contribution in [0.15, 0.2) is 64.1 Å². The van der Waals surface area contributed by atoms with Gasteiger partial charge in [-0.2, -0.15) is 10.4 Å². The van der Waals surface area contributed by atoms with Crippen LogP contribution in [0.2, 0.25) is 0 Å².